The maximum atomic E-state index is 11.1. The molecule has 1 aliphatic heterocycles. The zero-order valence-corrected chi connectivity index (χ0v) is 16.2. The summed E-state index contributed by atoms with van der Waals surface area (Å²) in [7, 11) is 0. The molecule has 3 aromatic rings. The van der Waals surface area contributed by atoms with Gasteiger partial charge in [-0.3, -0.25) is 14.8 Å². The summed E-state index contributed by atoms with van der Waals surface area (Å²) < 4.78 is 6.31. The van der Waals surface area contributed by atoms with Crippen LogP contribution in [-0.4, -0.2) is 45.9 Å². The van der Waals surface area contributed by atoms with Crippen molar-refractivity contribution in [3.63, 3.8) is 0 Å². The molecular weight excluding hydrogens is 410 g/mol. The van der Waals surface area contributed by atoms with Gasteiger partial charge < -0.3 is 9.84 Å². The first-order chi connectivity index (χ1) is 13.1. The van der Waals surface area contributed by atoms with Crippen LogP contribution in [0.2, 0.25) is 0 Å². The first-order valence-electron chi connectivity index (χ1n) is 8.86. The largest absolute Gasteiger partial charge is 0.453 e. The molecular formula is C20H20BrN3O3. The minimum Gasteiger partial charge on any atom is -0.453 e. The fraction of sp³-hybridized carbons (Fsp3) is 0.300. The second-order valence-corrected chi connectivity index (χ2v) is 7.75. The highest BCUT2D eigenvalue weighted by Crippen LogP contribution is 2.31. The number of H-pyrrole nitrogens is 1. The predicted molar refractivity (Wildman–Crippen MR) is 105 cm³/mol. The summed E-state index contributed by atoms with van der Waals surface area (Å²) in [5, 5.41) is 18.1. The van der Waals surface area contributed by atoms with Crippen LogP contribution in [-0.2, 0) is 16.1 Å². The number of aliphatic hydroxyl groups is 1. The average Bonchev–Trinajstić information content (AvgIpc) is 3.25. The maximum absolute atomic E-state index is 11.1. The molecule has 27 heavy (non-hydrogen) atoms. The molecule has 2 N–H and O–H groups in total. The minimum absolute atomic E-state index is 0.236. The van der Waals surface area contributed by atoms with Gasteiger partial charge in [-0.1, -0.05) is 34.1 Å². The first-order valence-corrected chi connectivity index (χ1v) is 9.65. The SMILES string of the molecule is O=COC(c1cccc(Br)c1)c1n[nH]c2ccc(CN3CCC(O)C3)cc12. The molecule has 0 aliphatic carbocycles. The van der Waals surface area contributed by atoms with Gasteiger partial charge in [0.2, 0.25) is 0 Å². The van der Waals surface area contributed by atoms with Crippen molar-refractivity contribution in [3.8, 4) is 0 Å². The quantitative estimate of drug-likeness (QED) is 0.588. The molecule has 1 aromatic heterocycles. The number of halogens is 1. The molecule has 2 atom stereocenters. The number of aromatic nitrogens is 2. The zero-order valence-electron chi connectivity index (χ0n) is 14.6. The van der Waals surface area contributed by atoms with Crippen LogP contribution in [0, 0.1) is 0 Å². The highest BCUT2D eigenvalue weighted by molar-refractivity contribution is 9.10. The van der Waals surface area contributed by atoms with Gasteiger partial charge in [0.05, 0.1) is 11.6 Å². The number of hydrogen-bond acceptors (Lipinski definition) is 5. The number of carbonyl (C=O) groups is 1. The monoisotopic (exact) mass is 429 g/mol. The van der Waals surface area contributed by atoms with Gasteiger partial charge in [0.1, 0.15) is 5.69 Å². The Hall–Kier alpha value is -2.22. The Bertz CT molecular complexity index is 959. The van der Waals surface area contributed by atoms with Crippen LogP contribution >= 0.6 is 15.9 Å². The van der Waals surface area contributed by atoms with Crippen LogP contribution in [0.25, 0.3) is 10.9 Å². The molecule has 0 saturated carbocycles. The molecule has 0 spiro atoms. The smallest absolute Gasteiger partial charge is 0.294 e. The Labute approximate surface area is 165 Å². The molecule has 4 rings (SSSR count). The van der Waals surface area contributed by atoms with Crippen molar-refractivity contribution in [2.75, 3.05) is 13.1 Å². The standard InChI is InChI=1S/C20H20BrN3O3/c21-15-3-1-2-14(9-15)20(27-12-25)19-17-8-13(4-5-18(17)22-23-19)10-24-7-6-16(26)11-24/h1-5,8-9,12,16,20,26H,6-7,10-11H2,(H,22,23). The molecule has 1 aliphatic rings. The van der Waals surface area contributed by atoms with Crippen molar-refractivity contribution >= 4 is 33.3 Å². The molecule has 140 valence electrons. The fourth-order valence-electron chi connectivity index (χ4n) is 3.62. The van der Waals surface area contributed by atoms with Gasteiger partial charge in [-0.25, -0.2) is 0 Å². The number of fused-ring (bicyclic) bond motifs is 1. The van der Waals surface area contributed by atoms with Crippen molar-refractivity contribution in [1.29, 1.82) is 0 Å². The predicted octanol–water partition coefficient (Wildman–Crippen LogP) is 3.15. The van der Waals surface area contributed by atoms with E-state index in [0.717, 1.165) is 46.0 Å². The van der Waals surface area contributed by atoms with Crippen LogP contribution in [0.15, 0.2) is 46.9 Å². The van der Waals surface area contributed by atoms with Crippen LogP contribution in [0.1, 0.15) is 29.3 Å². The number of ether oxygens (including phenoxy) is 1. The second-order valence-electron chi connectivity index (χ2n) is 6.83. The number of hydrogen-bond donors (Lipinski definition) is 2. The Morgan fingerprint density at radius 2 is 2.26 bits per heavy atom. The van der Waals surface area contributed by atoms with E-state index in [-0.39, 0.29) is 6.10 Å². The lowest BCUT2D eigenvalue weighted by Crippen LogP contribution is -2.21. The number of carbonyl (C=O) groups excluding carboxylic acids is 1. The number of benzene rings is 2. The van der Waals surface area contributed by atoms with Crippen molar-refractivity contribution in [3.05, 3.63) is 63.8 Å². The van der Waals surface area contributed by atoms with Gasteiger partial charge in [-0.15, -0.1) is 0 Å². The Morgan fingerprint density at radius 3 is 3.00 bits per heavy atom. The molecule has 2 aromatic carbocycles. The number of nitrogens with one attached hydrogen (secondary N) is 1. The van der Waals surface area contributed by atoms with E-state index in [1.165, 1.54) is 0 Å². The number of rotatable bonds is 6. The molecule has 2 unspecified atom stereocenters. The lowest BCUT2D eigenvalue weighted by Gasteiger charge is -2.16. The Balaban J connectivity index is 1.69. The summed E-state index contributed by atoms with van der Waals surface area (Å²) in [6.07, 6.45) is -0.00475. The minimum atomic E-state index is -0.586. The van der Waals surface area contributed by atoms with Crippen LogP contribution < -0.4 is 0 Å². The molecule has 1 saturated heterocycles. The van der Waals surface area contributed by atoms with E-state index in [2.05, 4.69) is 43.2 Å². The van der Waals surface area contributed by atoms with E-state index in [1.54, 1.807) is 0 Å². The summed E-state index contributed by atoms with van der Waals surface area (Å²) in [6.45, 7) is 2.83. The van der Waals surface area contributed by atoms with Gasteiger partial charge in [-0.2, -0.15) is 5.10 Å². The third-order valence-corrected chi connectivity index (χ3v) is 5.40. The van der Waals surface area contributed by atoms with Crippen molar-refractivity contribution in [2.45, 2.75) is 25.2 Å². The number of aliphatic hydroxyl groups excluding tert-OH is 1. The molecule has 6 nitrogen and oxygen atoms in total. The van der Waals surface area contributed by atoms with E-state index in [9.17, 15) is 9.90 Å². The third kappa shape index (κ3) is 3.90. The van der Waals surface area contributed by atoms with Crippen LogP contribution in [0.4, 0.5) is 0 Å². The topological polar surface area (TPSA) is 78.5 Å². The summed E-state index contributed by atoms with van der Waals surface area (Å²) >= 11 is 3.46. The highest BCUT2D eigenvalue weighted by Gasteiger charge is 2.23. The molecule has 0 bridgehead atoms. The van der Waals surface area contributed by atoms with Gasteiger partial charge in [0.25, 0.3) is 6.47 Å². The number of β-amino-alcohol motifs (C(OH)–C–C–N with tert-alkyl or cyclic N) is 1. The van der Waals surface area contributed by atoms with E-state index in [1.807, 2.05) is 30.3 Å². The first kappa shape index (κ1) is 18.2. The summed E-state index contributed by atoms with van der Waals surface area (Å²) in [5.74, 6) is 0. The van der Waals surface area contributed by atoms with Crippen molar-refractivity contribution in [1.82, 2.24) is 15.1 Å². The van der Waals surface area contributed by atoms with Gasteiger partial charge in [0, 0.05) is 29.5 Å². The van der Waals surface area contributed by atoms with E-state index >= 15 is 0 Å². The Kier molecular flexibility index (Phi) is 5.24. The van der Waals surface area contributed by atoms with Gasteiger partial charge in [-0.05, 0) is 41.8 Å². The normalized spacial score (nSPS) is 18.7. The number of nitrogens with zero attached hydrogens (tertiary/aromatic N) is 2. The van der Waals surface area contributed by atoms with E-state index in [0.29, 0.717) is 18.7 Å². The molecule has 1 fully saturated rings. The number of likely N-dealkylation sites (tertiary alicyclic amines) is 1. The maximum Gasteiger partial charge on any atom is 0.294 e. The molecule has 2 heterocycles. The molecule has 0 radical (unpaired) electrons. The third-order valence-electron chi connectivity index (χ3n) is 4.90. The van der Waals surface area contributed by atoms with Crippen LogP contribution in [0.5, 0.6) is 0 Å². The lowest BCUT2D eigenvalue weighted by atomic mass is 10.0. The fourth-order valence-corrected chi connectivity index (χ4v) is 4.04. The summed E-state index contributed by atoms with van der Waals surface area (Å²) in [6, 6.07) is 13.8. The zero-order chi connectivity index (χ0) is 18.8. The second kappa shape index (κ2) is 7.80. The highest BCUT2D eigenvalue weighted by atomic mass is 79.9. The number of aromatic amines is 1. The van der Waals surface area contributed by atoms with Crippen LogP contribution in [0.3, 0.4) is 0 Å². The molecule has 7 heteroatoms. The lowest BCUT2D eigenvalue weighted by molar-refractivity contribution is -0.132. The van der Waals surface area contributed by atoms with E-state index in [4.69, 9.17) is 4.74 Å². The van der Waals surface area contributed by atoms with Crippen molar-refractivity contribution in [2.24, 2.45) is 0 Å². The van der Waals surface area contributed by atoms with E-state index < -0.39 is 6.10 Å². The molecule has 0 amide bonds. The Morgan fingerprint density at radius 1 is 1.37 bits per heavy atom. The van der Waals surface area contributed by atoms with Crippen molar-refractivity contribution < 1.29 is 14.6 Å². The summed E-state index contributed by atoms with van der Waals surface area (Å²) in [5.41, 5.74) is 3.56. The summed E-state index contributed by atoms with van der Waals surface area (Å²) in [4.78, 5) is 13.4. The average molecular weight is 430 g/mol. The van der Waals surface area contributed by atoms with Gasteiger partial charge in [0.15, 0.2) is 6.10 Å². The van der Waals surface area contributed by atoms with Gasteiger partial charge >= 0.3 is 0 Å².